The van der Waals surface area contributed by atoms with Crippen LogP contribution in [0.25, 0.3) is 5.69 Å². The maximum Gasteiger partial charge on any atom is 0.240 e. The molecule has 1 aromatic carbocycles. The van der Waals surface area contributed by atoms with E-state index in [2.05, 4.69) is 4.98 Å². The second-order valence-corrected chi connectivity index (χ2v) is 6.85. The first kappa shape index (κ1) is 17.2. The second kappa shape index (κ2) is 7.55. The first-order valence-corrected chi connectivity index (χ1v) is 9.02. The number of ether oxygens (including phenoxy) is 1. The molecule has 0 bridgehead atoms. The number of imidazole rings is 1. The number of alkyl halides is 1. The molecule has 2 atom stereocenters. The first-order chi connectivity index (χ1) is 12.7. The van der Waals surface area contributed by atoms with Crippen LogP contribution in [0, 0.1) is 0 Å². The number of halogens is 1. The smallest absolute Gasteiger partial charge is 0.240 e. The lowest BCUT2D eigenvalue weighted by atomic mass is 10.1. The molecule has 2 aliphatic heterocycles. The Bertz CT molecular complexity index is 729. The van der Waals surface area contributed by atoms with Gasteiger partial charge in [0.25, 0.3) is 0 Å². The predicted octanol–water partition coefficient (Wildman–Crippen LogP) is 1.64. The minimum atomic E-state index is -0.949. The summed E-state index contributed by atoms with van der Waals surface area (Å²) in [6.07, 6.45) is 4.71. The number of carbonyl (C=O) groups is 1. The van der Waals surface area contributed by atoms with E-state index >= 15 is 0 Å². The molecular weight excluding hydrogens is 335 g/mol. The van der Waals surface area contributed by atoms with Gasteiger partial charge in [-0.1, -0.05) is 12.1 Å². The van der Waals surface area contributed by atoms with E-state index in [4.69, 9.17) is 4.74 Å². The number of likely N-dealkylation sites (tertiary alicyclic amines) is 1. The fraction of sp³-hybridized carbons (Fsp3) is 0.474. The normalized spacial score (nSPS) is 24.1. The topological polar surface area (TPSA) is 50.6 Å². The van der Waals surface area contributed by atoms with Gasteiger partial charge in [-0.25, -0.2) is 9.37 Å². The van der Waals surface area contributed by atoms with Gasteiger partial charge in [0, 0.05) is 50.7 Å². The van der Waals surface area contributed by atoms with Crippen LogP contribution in [0.15, 0.2) is 43.0 Å². The van der Waals surface area contributed by atoms with Gasteiger partial charge in [0.1, 0.15) is 6.17 Å². The fourth-order valence-electron chi connectivity index (χ4n) is 3.69. The number of hydrogen-bond donors (Lipinski definition) is 0. The SMILES string of the molecule is O=C([C@@H]1C[C@@H](F)CN1Cc1ccc(-n2ccnc2)cc1)N1CCOCC1. The third-order valence-electron chi connectivity index (χ3n) is 5.08. The van der Waals surface area contributed by atoms with Gasteiger partial charge in [0.15, 0.2) is 0 Å². The maximum atomic E-state index is 14.1. The monoisotopic (exact) mass is 358 g/mol. The summed E-state index contributed by atoms with van der Waals surface area (Å²) in [5, 5.41) is 0. The van der Waals surface area contributed by atoms with Crippen LogP contribution in [0.4, 0.5) is 4.39 Å². The van der Waals surface area contributed by atoms with E-state index in [0.717, 1.165) is 11.3 Å². The third-order valence-corrected chi connectivity index (χ3v) is 5.08. The van der Waals surface area contributed by atoms with Gasteiger partial charge in [-0.15, -0.1) is 0 Å². The highest BCUT2D eigenvalue weighted by molar-refractivity contribution is 5.82. The van der Waals surface area contributed by atoms with Crippen LogP contribution in [-0.2, 0) is 16.1 Å². The maximum absolute atomic E-state index is 14.1. The minimum absolute atomic E-state index is 0.0310. The van der Waals surface area contributed by atoms with E-state index in [1.54, 1.807) is 17.4 Å². The summed E-state index contributed by atoms with van der Waals surface area (Å²) in [5.41, 5.74) is 2.10. The summed E-state index contributed by atoms with van der Waals surface area (Å²) in [5.74, 6) is 0.0310. The van der Waals surface area contributed by atoms with Crippen LogP contribution >= 0.6 is 0 Å². The van der Waals surface area contributed by atoms with Crippen molar-refractivity contribution in [1.82, 2.24) is 19.4 Å². The Kier molecular flexibility index (Phi) is 4.99. The lowest BCUT2D eigenvalue weighted by molar-refractivity contribution is -0.140. The number of morpholine rings is 1. The Morgan fingerprint density at radius 3 is 2.69 bits per heavy atom. The van der Waals surface area contributed by atoms with Gasteiger partial charge in [-0.3, -0.25) is 9.69 Å². The van der Waals surface area contributed by atoms with Crippen LogP contribution < -0.4 is 0 Å². The van der Waals surface area contributed by atoms with Gasteiger partial charge in [-0.05, 0) is 17.7 Å². The van der Waals surface area contributed by atoms with Crippen LogP contribution in [0.3, 0.4) is 0 Å². The summed E-state index contributed by atoms with van der Waals surface area (Å²) in [6.45, 7) is 3.20. The van der Waals surface area contributed by atoms with Crippen molar-refractivity contribution in [2.24, 2.45) is 0 Å². The van der Waals surface area contributed by atoms with Gasteiger partial charge in [0.05, 0.1) is 25.6 Å². The molecule has 0 N–H and O–H groups in total. The minimum Gasteiger partial charge on any atom is -0.378 e. The standard InChI is InChI=1S/C19H23FN4O2/c20-16-11-18(19(25)22-7-9-26-10-8-22)24(13-16)12-15-1-3-17(4-2-15)23-6-5-21-14-23/h1-6,14,16,18H,7-13H2/t16-,18+/m1/s1. The van der Waals surface area contributed by atoms with Gasteiger partial charge in [-0.2, -0.15) is 0 Å². The molecule has 2 aliphatic rings. The van der Waals surface area contributed by atoms with E-state index in [1.165, 1.54) is 0 Å². The summed E-state index contributed by atoms with van der Waals surface area (Å²) in [7, 11) is 0. The number of aromatic nitrogens is 2. The number of nitrogens with zero attached hydrogens (tertiary/aromatic N) is 4. The van der Waals surface area contributed by atoms with Crippen molar-refractivity contribution in [2.45, 2.75) is 25.2 Å². The molecule has 0 unspecified atom stereocenters. The predicted molar refractivity (Wildman–Crippen MR) is 94.7 cm³/mol. The largest absolute Gasteiger partial charge is 0.378 e. The molecule has 26 heavy (non-hydrogen) atoms. The molecule has 0 aliphatic carbocycles. The zero-order chi connectivity index (χ0) is 17.9. The summed E-state index contributed by atoms with van der Waals surface area (Å²) in [6, 6.07) is 7.70. The molecule has 3 heterocycles. The van der Waals surface area contributed by atoms with E-state index in [1.807, 2.05) is 39.9 Å². The lowest BCUT2D eigenvalue weighted by Gasteiger charge is -2.32. The average Bonchev–Trinajstić information content (AvgIpc) is 3.32. The molecular formula is C19H23FN4O2. The van der Waals surface area contributed by atoms with Crippen molar-refractivity contribution in [3.8, 4) is 5.69 Å². The number of benzene rings is 1. The molecule has 0 saturated carbocycles. The van der Waals surface area contributed by atoms with E-state index in [9.17, 15) is 9.18 Å². The van der Waals surface area contributed by atoms with Gasteiger partial charge >= 0.3 is 0 Å². The van der Waals surface area contributed by atoms with E-state index in [0.29, 0.717) is 39.4 Å². The fourth-order valence-corrected chi connectivity index (χ4v) is 3.69. The number of amides is 1. The first-order valence-electron chi connectivity index (χ1n) is 9.02. The molecule has 1 aromatic heterocycles. The Balaban J connectivity index is 1.44. The number of hydrogen-bond acceptors (Lipinski definition) is 4. The zero-order valence-corrected chi connectivity index (χ0v) is 14.6. The molecule has 7 heteroatoms. The van der Waals surface area contributed by atoms with Crippen LogP contribution in [0.2, 0.25) is 0 Å². The van der Waals surface area contributed by atoms with Gasteiger partial charge in [0.2, 0.25) is 5.91 Å². The average molecular weight is 358 g/mol. The lowest BCUT2D eigenvalue weighted by Crippen LogP contribution is -2.49. The molecule has 0 spiro atoms. The van der Waals surface area contributed by atoms with Crippen LogP contribution in [0.1, 0.15) is 12.0 Å². The summed E-state index contributed by atoms with van der Waals surface area (Å²) in [4.78, 5) is 20.6. The molecule has 2 aromatic rings. The molecule has 4 rings (SSSR count). The molecule has 1 amide bonds. The third kappa shape index (κ3) is 3.64. The van der Waals surface area contributed by atoms with Crippen molar-refractivity contribution in [1.29, 1.82) is 0 Å². The Hall–Kier alpha value is -2.25. The quantitative estimate of drug-likeness (QED) is 0.834. The zero-order valence-electron chi connectivity index (χ0n) is 14.6. The Morgan fingerprint density at radius 1 is 1.23 bits per heavy atom. The second-order valence-electron chi connectivity index (χ2n) is 6.85. The van der Waals surface area contributed by atoms with Crippen molar-refractivity contribution >= 4 is 5.91 Å². The molecule has 2 saturated heterocycles. The van der Waals surface area contributed by atoms with E-state index < -0.39 is 6.17 Å². The Morgan fingerprint density at radius 2 is 2.00 bits per heavy atom. The van der Waals surface area contributed by atoms with Crippen LogP contribution in [0.5, 0.6) is 0 Å². The van der Waals surface area contributed by atoms with Gasteiger partial charge < -0.3 is 14.2 Å². The summed E-state index contributed by atoms with van der Waals surface area (Å²) >= 11 is 0. The number of rotatable bonds is 4. The molecule has 6 nitrogen and oxygen atoms in total. The highest BCUT2D eigenvalue weighted by Gasteiger charge is 2.39. The van der Waals surface area contributed by atoms with Crippen molar-refractivity contribution in [3.63, 3.8) is 0 Å². The molecule has 138 valence electrons. The van der Waals surface area contributed by atoms with Crippen molar-refractivity contribution < 1.29 is 13.9 Å². The molecule has 2 fully saturated rings. The highest BCUT2D eigenvalue weighted by atomic mass is 19.1. The molecule has 0 radical (unpaired) electrons. The van der Waals surface area contributed by atoms with Crippen molar-refractivity contribution in [3.05, 3.63) is 48.5 Å². The van der Waals surface area contributed by atoms with Crippen LogP contribution in [-0.4, -0.2) is 70.3 Å². The highest BCUT2D eigenvalue weighted by Crippen LogP contribution is 2.25. The summed E-state index contributed by atoms with van der Waals surface area (Å²) < 4.78 is 21.3. The van der Waals surface area contributed by atoms with E-state index in [-0.39, 0.29) is 18.4 Å². The number of carbonyl (C=O) groups excluding carboxylic acids is 1. The van der Waals surface area contributed by atoms with Crippen molar-refractivity contribution in [2.75, 3.05) is 32.8 Å². The Labute approximate surface area is 152 Å².